The fourth-order valence-corrected chi connectivity index (χ4v) is 6.83. The molecule has 2 aromatic heterocycles. The summed E-state index contributed by atoms with van der Waals surface area (Å²) in [5, 5.41) is 8.04. The van der Waals surface area contributed by atoms with E-state index >= 15 is 0 Å². The van der Waals surface area contributed by atoms with E-state index in [0.29, 0.717) is 19.5 Å². The molecular weight excluding hydrogens is 516 g/mol. The van der Waals surface area contributed by atoms with Gasteiger partial charge in [0.2, 0.25) is 0 Å². The molecule has 1 N–H and O–H groups in total. The number of likely N-dealkylation sites (tertiary alicyclic amines) is 2. The highest BCUT2D eigenvalue weighted by molar-refractivity contribution is 5.70. The summed E-state index contributed by atoms with van der Waals surface area (Å²) in [6.45, 7) is 8.69. The molecule has 6 rings (SSSR count). The van der Waals surface area contributed by atoms with Crippen LogP contribution in [-0.4, -0.2) is 76.3 Å². The van der Waals surface area contributed by atoms with E-state index in [1.54, 1.807) is 0 Å². The van der Waals surface area contributed by atoms with Crippen molar-refractivity contribution in [1.29, 1.82) is 0 Å². The Bertz CT molecular complexity index is 1500. The number of rotatable bonds is 8. The molecule has 1 aromatic carbocycles. The molecule has 1 spiro atoms. The Labute approximate surface area is 241 Å². The van der Waals surface area contributed by atoms with Crippen LogP contribution in [0.3, 0.4) is 0 Å². The van der Waals surface area contributed by atoms with Crippen LogP contribution < -0.4 is 5.32 Å². The predicted molar refractivity (Wildman–Crippen MR) is 157 cm³/mol. The fourth-order valence-electron chi connectivity index (χ4n) is 6.83. The van der Waals surface area contributed by atoms with Crippen LogP contribution in [0.5, 0.6) is 0 Å². The summed E-state index contributed by atoms with van der Waals surface area (Å²) in [4.78, 5) is 34.0. The number of esters is 1. The number of benzene rings is 1. The van der Waals surface area contributed by atoms with Gasteiger partial charge in [-0.15, -0.1) is 0 Å². The lowest BCUT2D eigenvalue weighted by Crippen LogP contribution is -2.57. The molecule has 0 bridgehead atoms. The van der Waals surface area contributed by atoms with Gasteiger partial charge in [-0.1, -0.05) is 18.2 Å². The monoisotopic (exact) mass is 554 g/mol. The van der Waals surface area contributed by atoms with Crippen molar-refractivity contribution in [3.8, 4) is 5.69 Å². The van der Waals surface area contributed by atoms with Crippen LogP contribution in [0.4, 0.5) is 5.82 Å². The smallest absolute Gasteiger partial charge is 0.306 e. The number of aryl methyl sites for hydroxylation is 3. The SMILES string of the molecule is COC(=O)C[C@H](CN1CC2(CCN(Cc3ccc4c(n3)NCCC4)C2=C=O)C1)c1cccc(-n2nc(C)cc2C)c1. The highest BCUT2D eigenvalue weighted by Gasteiger charge is 2.52. The van der Waals surface area contributed by atoms with E-state index < -0.39 is 0 Å². The zero-order valence-electron chi connectivity index (χ0n) is 24.2. The normalized spacial score (nSPS) is 18.4. The number of anilines is 1. The highest BCUT2D eigenvalue weighted by Crippen LogP contribution is 2.47. The van der Waals surface area contributed by atoms with Crippen molar-refractivity contribution >= 4 is 17.7 Å². The van der Waals surface area contributed by atoms with Gasteiger partial charge in [0, 0.05) is 49.8 Å². The molecule has 41 heavy (non-hydrogen) atoms. The molecule has 1 atom stereocenters. The van der Waals surface area contributed by atoms with Crippen LogP contribution >= 0.6 is 0 Å². The maximum absolute atomic E-state index is 12.4. The van der Waals surface area contributed by atoms with Crippen molar-refractivity contribution in [1.82, 2.24) is 24.6 Å². The lowest BCUT2D eigenvalue weighted by Gasteiger charge is -2.49. The molecule has 0 unspecified atom stereocenters. The van der Waals surface area contributed by atoms with Crippen molar-refractivity contribution in [2.75, 3.05) is 45.2 Å². The minimum atomic E-state index is -0.227. The van der Waals surface area contributed by atoms with Gasteiger partial charge in [0.25, 0.3) is 0 Å². The third-order valence-corrected chi connectivity index (χ3v) is 8.85. The second kappa shape index (κ2) is 11.1. The summed E-state index contributed by atoms with van der Waals surface area (Å²) in [6.07, 6.45) is 3.40. The van der Waals surface area contributed by atoms with Crippen molar-refractivity contribution in [3.05, 3.63) is 76.4 Å². The van der Waals surface area contributed by atoms with Crippen molar-refractivity contribution in [3.63, 3.8) is 0 Å². The van der Waals surface area contributed by atoms with Gasteiger partial charge in [-0.05, 0) is 68.5 Å². The van der Waals surface area contributed by atoms with Gasteiger partial charge < -0.3 is 19.9 Å². The number of hydrogen-bond acceptors (Lipinski definition) is 8. The maximum atomic E-state index is 12.4. The zero-order valence-corrected chi connectivity index (χ0v) is 24.2. The van der Waals surface area contributed by atoms with Crippen LogP contribution in [0.25, 0.3) is 5.69 Å². The Morgan fingerprint density at radius 1 is 1.20 bits per heavy atom. The summed E-state index contributed by atoms with van der Waals surface area (Å²) in [6, 6.07) is 14.6. The molecule has 214 valence electrons. The van der Waals surface area contributed by atoms with Crippen molar-refractivity contribution < 1.29 is 14.3 Å². The van der Waals surface area contributed by atoms with Crippen LogP contribution in [-0.2, 0) is 27.3 Å². The molecule has 5 heterocycles. The number of methoxy groups -OCH3 is 1. The van der Waals surface area contributed by atoms with Gasteiger partial charge in [-0.3, -0.25) is 4.79 Å². The molecule has 9 nitrogen and oxygen atoms in total. The topological polar surface area (TPSA) is 92.6 Å². The maximum Gasteiger partial charge on any atom is 0.306 e. The lowest BCUT2D eigenvalue weighted by atomic mass is 9.76. The summed E-state index contributed by atoms with van der Waals surface area (Å²) >= 11 is 0. The summed E-state index contributed by atoms with van der Waals surface area (Å²) in [5.74, 6) is 3.02. The molecule has 2 saturated heterocycles. The second-order valence-corrected chi connectivity index (χ2v) is 11.8. The van der Waals surface area contributed by atoms with E-state index in [2.05, 4.69) is 56.5 Å². The fraction of sp³-hybridized carbons (Fsp3) is 0.469. The largest absolute Gasteiger partial charge is 0.469 e. The number of aromatic nitrogens is 3. The average molecular weight is 555 g/mol. The minimum absolute atomic E-state index is 0.0370. The van der Waals surface area contributed by atoms with E-state index in [-0.39, 0.29) is 17.3 Å². The van der Waals surface area contributed by atoms with Crippen LogP contribution in [0.15, 0.2) is 48.2 Å². The van der Waals surface area contributed by atoms with Crippen LogP contribution in [0.2, 0.25) is 0 Å². The lowest BCUT2D eigenvalue weighted by molar-refractivity contribution is -0.141. The van der Waals surface area contributed by atoms with Crippen molar-refractivity contribution in [2.45, 2.75) is 52.0 Å². The van der Waals surface area contributed by atoms with E-state index in [1.807, 2.05) is 30.7 Å². The number of carbonyl (C=O) groups excluding carboxylic acids is 2. The summed E-state index contributed by atoms with van der Waals surface area (Å²) in [5.41, 5.74) is 6.90. The number of fused-ring (bicyclic) bond motifs is 1. The number of hydrogen-bond donors (Lipinski definition) is 1. The molecule has 0 radical (unpaired) electrons. The first-order chi connectivity index (χ1) is 19.9. The Morgan fingerprint density at radius 2 is 2.05 bits per heavy atom. The molecule has 3 aliphatic rings. The summed E-state index contributed by atoms with van der Waals surface area (Å²) < 4.78 is 7.00. The molecule has 3 aromatic rings. The van der Waals surface area contributed by atoms with Gasteiger partial charge in [0.05, 0.1) is 37.2 Å². The number of nitrogens with one attached hydrogen (secondary N) is 1. The molecule has 2 fully saturated rings. The Kier molecular flexibility index (Phi) is 7.41. The van der Waals surface area contributed by atoms with Gasteiger partial charge in [-0.25, -0.2) is 14.5 Å². The quantitative estimate of drug-likeness (QED) is 0.332. The first kappa shape index (κ1) is 27.2. The van der Waals surface area contributed by atoms with E-state index in [4.69, 9.17) is 9.72 Å². The number of pyridine rings is 1. The third-order valence-electron chi connectivity index (χ3n) is 8.85. The molecule has 9 heteroatoms. The Balaban J connectivity index is 1.15. The van der Waals surface area contributed by atoms with Gasteiger partial charge in [-0.2, -0.15) is 5.10 Å². The van der Waals surface area contributed by atoms with Gasteiger partial charge in [0.1, 0.15) is 17.5 Å². The summed E-state index contributed by atoms with van der Waals surface area (Å²) in [7, 11) is 1.44. The third kappa shape index (κ3) is 5.39. The standard InChI is InChI=1S/C32H38N6O3/c1-22-14-23(2)38(35-22)28-8-4-6-25(15-28)26(16-30(40)41-3)17-36-20-32(21-36)11-13-37(29(32)19-39)18-27-10-9-24-7-5-12-33-31(24)34-27/h4,6,8-10,14-15,26H,5,7,11-13,16-18,20-21H2,1-3H3,(H,33,34)/t26-/m1/s1. The Hall–Kier alpha value is -3.94. The minimum Gasteiger partial charge on any atom is -0.469 e. The van der Waals surface area contributed by atoms with E-state index in [0.717, 1.165) is 85.3 Å². The van der Waals surface area contributed by atoms with Gasteiger partial charge in [0.15, 0.2) is 0 Å². The van der Waals surface area contributed by atoms with E-state index in [1.165, 1.54) is 12.7 Å². The zero-order chi connectivity index (χ0) is 28.6. The predicted octanol–water partition coefficient (Wildman–Crippen LogP) is 3.81. The first-order valence-corrected chi connectivity index (χ1v) is 14.5. The Morgan fingerprint density at radius 3 is 2.80 bits per heavy atom. The molecule has 0 saturated carbocycles. The van der Waals surface area contributed by atoms with Crippen LogP contribution in [0.1, 0.15) is 53.4 Å². The van der Waals surface area contributed by atoms with E-state index in [9.17, 15) is 9.59 Å². The molecule has 0 aliphatic carbocycles. The molecular formula is C32H38N6O3. The molecule has 0 amide bonds. The first-order valence-electron chi connectivity index (χ1n) is 14.5. The van der Waals surface area contributed by atoms with Crippen LogP contribution in [0, 0.1) is 19.3 Å². The average Bonchev–Trinajstić information content (AvgIpc) is 3.50. The van der Waals surface area contributed by atoms with Gasteiger partial charge >= 0.3 is 5.97 Å². The highest BCUT2D eigenvalue weighted by atomic mass is 16.5. The molecule has 3 aliphatic heterocycles. The number of carbonyl (C=O) groups is 1. The number of nitrogens with zero attached hydrogens (tertiary/aromatic N) is 5. The second-order valence-electron chi connectivity index (χ2n) is 11.8. The van der Waals surface area contributed by atoms with Crippen molar-refractivity contribution in [2.24, 2.45) is 5.41 Å². The number of ether oxygens (including phenoxy) is 1.